The van der Waals surface area contributed by atoms with Crippen LogP contribution >= 0.6 is 22.6 Å². The molecule has 3 heteroatoms. The molecule has 0 heterocycles. The topological polar surface area (TPSA) is 29.1 Å². The minimum absolute atomic E-state index is 0.301. The van der Waals surface area contributed by atoms with Gasteiger partial charge in [0.1, 0.15) is 0 Å². The lowest BCUT2D eigenvalue weighted by atomic mass is 9.82. The van der Waals surface area contributed by atoms with Crippen molar-refractivity contribution in [2.75, 3.05) is 11.0 Å². The van der Waals surface area contributed by atoms with Gasteiger partial charge in [-0.1, -0.05) is 29.5 Å². The van der Waals surface area contributed by atoms with E-state index in [0.717, 1.165) is 31.7 Å². The van der Waals surface area contributed by atoms with Gasteiger partial charge < -0.3 is 5.32 Å². The summed E-state index contributed by atoms with van der Waals surface area (Å²) in [5, 5.41) is 3.06. The molecule has 1 saturated carbocycles. The first-order chi connectivity index (χ1) is 7.24. The van der Waals surface area contributed by atoms with Gasteiger partial charge in [-0.25, -0.2) is 0 Å². The van der Waals surface area contributed by atoms with Crippen molar-refractivity contribution in [1.29, 1.82) is 0 Å². The predicted octanol–water partition coefficient (Wildman–Crippen LogP) is 3.14. The third kappa shape index (κ3) is 5.18. The molecule has 0 unspecified atom stereocenters. The van der Waals surface area contributed by atoms with Gasteiger partial charge in [0.05, 0.1) is 0 Å². The molecule has 1 aliphatic carbocycles. The van der Waals surface area contributed by atoms with E-state index in [9.17, 15) is 4.79 Å². The lowest BCUT2D eigenvalue weighted by Crippen LogP contribution is -2.33. The lowest BCUT2D eigenvalue weighted by Gasteiger charge is -2.25. The van der Waals surface area contributed by atoms with E-state index >= 15 is 0 Å². The second-order valence-electron chi connectivity index (χ2n) is 4.64. The molecule has 1 aliphatic rings. The van der Waals surface area contributed by atoms with Crippen LogP contribution in [0.25, 0.3) is 0 Å². The van der Waals surface area contributed by atoms with E-state index in [-0.39, 0.29) is 0 Å². The highest BCUT2D eigenvalue weighted by Crippen LogP contribution is 2.28. The number of carbonyl (C=O) groups is 1. The summed E-state index contributed by atoms with van der Waals surface area (Å²) in [6.45, 7) is 3.16. The largest absolute Gasteiger partial charge is 0.356 e. The van der Waals surface area contributed by atoms with Crippen molar-refractivity contribution < 1.29 is 4.79 Å². The Morgan fingerprint density at radius 3 is 2.53 bits per heavy atom. The maximum atomic E-state index is 11.8. The molecule has 88 valence electrons. The average molecular weight is 323 g/mol. The SMILES string of the molecule is CC1CCC(C(=O)NCCCCI)CC1. The first-order valence-corrected chi connectivity index (χ1v) is 7.60. The Bertz CT molecular complexity index is 188. The van der Waals surface area contributed by atoms with Crippen LogP contribution < -0.4 is 5.32 Å². The van der Waals surface area contributed by atoms with Crippen LogP contribution in [0.1, 0.15) is 45.4 Å². The lowest BCUT2D eigenvalue weighted by molar-refractivity contribution is -0.126. The maximum Gasteiger partial charge on any atom is 0.223 e. The summed E-state index contributed by atoms with van der Waals surface area (Å²) < 4.78 is 1.19. The van der Waals surface area contributed by atoms with Gasteiger partial charge in [0.25, 0.3) is 0 Å². The first-order valence-electron chi connectivity index (χ1n) is 6.07. The summed E-state index contributed by atoms with van der Waals surface area (Å²) in [6.07, 6.45) is 6.98. The third-order valence-electron chi connectivity index (χ3n) is 3.25. The van der Waals surface area contributed by atoms with Crippen LogP contribution in [0.2, 0.25) is 0 Å². The normalized spacial score (nSPS) is 26.3. The van der Waals surface area contributed by atoms with Crippen LogP contribution in [-0.2, 0) is 4.79 Å². The molecular formula is C12H22INO. The highest BCUT2D eigenvalue weighted by Gasteiger charge is 2.23. The number of halogens is 1. The molecule has 0 aromatic heterocycles. The zero-order chi connectivity index (χ0) is 11.1. The summed E-state index contributed by atoms with van der Waals surface area (Å²) in [5.74, 6) is 1.43. The number of nitrogens with one attached hydrogen (secondary N) is 1. The Morgan fingerprint density at radius 2 is 1.93 bits per heavy atom. The van der Waals surface area contributed by atoms with E-state index in [1.807, 2.05) is 0 Å². The van der Waals surface area contributed by atoms with Crippen LogP contribution in [0.5, 0.6) is 0 Å². The van der Waals surface area contributed by atoms with E-state index in [1.165, 1.54) is 23.7 Å². The summed E-state index contributed by atoms with van der Waals surface area (Å²) in [5.41, 5.74) is 0. The van der Waals surface area contributed by atoms with Crippen molar-refractivity contribution in [1.82, 2.24) is 5.32 Å². The fraction of sp³-hybridized carbons (Fsp3) is 0.917. The summed E-state index contributed by atoms with van der Waals surface area (Å²) in [4.78, 5) is 11.8. The second kappa shape index (κ2) is 7.47. The smallest absolute Gasteiger partial charge is 0.223 e. The van der Waals surface area contributed by atoms with E-state index in [2.05, 4.69) is 34.8 Å². The van der Waals surface area contributed by atoms with E-state index in [4.69, 9.17) is 0 Å². The number of rotatable bonds is 5. The number of hydrogen-bond acceptors (Lipinski definition) is 1. The summed E-state index contributed by atoms with van der Waals surface area (Å²) in [7, 11) is 0. The van der Waals surface area contributed by atoms with Gasteiger partial charge >= 0.3 is 0 Å². The van der Waals surface area contributed by atoms with E-state index < -0.39 is 0 Å². The minimum atomic E-state index is 0.301. The first kappa shape index (κ1) is 13.3. The molecule has 1 amide bonds. The van der Waals surface area contributed by atoms with Crippen LogP contribution in [0.4, 0.5) is 0 Å². The number of hydrogen-bond donors (Lipinski definition) is 1. The van der Waals surface area contributed by atoms with Crippen molar-refractivity contribution in [2.45, 2.75) is 45.4 Å². The van der Waals surface area contributed by atoms with E-state index in [0.29, 0.717) is 11.8 Å². The molecule has 1 N–H and O–H groups in total. The molecule has 15 heavy (non-hydrogen) atoms. The Morgan fingerprint density at radius 1 is 1.27 bits per heavy atom. The predicted molar refractivity (Wildman–Crippen MR) is 72.3 cm³/mol. The van der Waals surface area contributed by atoms with Gasteiger partial charge in [-0.05, 0) is 48.9 Å². The van der Waals surface area contributed by atoms with Gasteiger partial charge in [0.2, 0.25) is 5.91 Å². The summed E-state index contributed by atoms with van der Waals surface area (Å²) in [6, 6.07) is 0. The van der Waals surface area contributed by atoms with Gasteiger partial charge in [0.15, 0.2) is 0 Å². The van der Waals surface area contributed by atoms with Crippen molar-refractivity contribution in [3.8, 4) is 0 Å². The molecule has 2 nitrogen and oxygen atoms in total. The molecule has 0 aliphatic heterocycles. The monoisotopic (exact) mass is 323 g/mol. The highest BCUT2D eigenvalue weighted by atomic mass is 127. The molecule has 0 bridgehead atoms. The molecule has 0 atom stereocenters. The van der Waals surface area contributed by atoms with Crippen molar-refractivity contribution in [3.05, 3.63) is 0 Å². The van der Waals surface area contributed by atoms with Gasteiger partial charge in [-0.3, -0.25) is 4.79 Å². The van der Waals surface area contributed by atoms with E-state index in [1.54, 1.807) is 0 Å². The van der Waals surface area contributed by atoms with Gasteiger partial charge in [-0.2, -0.15) is 0 Å². The summed E-state index contributed by atoms with van der Waals surface area (Å²) >= 11 is 2.38. The Hall–Kier alpha value is 0.200. The molecule has 0 aromatic carbocycles. The number of alkyl halides is 1. The third-order valence-corrected chi connectivity index (χ3v) is 4.01. The van der Waals surface area contributed by atoms with Crippen molar-refractivity contribution >= 4 is 28.5 Å². The molecule has 0 spiro atoms. The van der Waals surface area contributed by atoms with Crippen LogP contribution in [0.15, 0.2) is 0 Å². The van der Waals surface area contributed by atoms with Crippen LogP contribution in [0.3, 0.4) is 0 Å². The quantitative estimate of drug-likeness (QED) is 0.470. The van der Waals surface area contributed by atoms with Gasteiger partial charge in [-0.15, -0.1) is 0 Å². The molecule has 1 rings (SSSR count). The molecular weight excluding hydrogens is 301 g/mol. The second-order valence-corrected chi connectivity index (χ2v) is 5.72. The molecule has 0 radical (unpaired) electrons. The standard InChI is InChI=1S/C12H22INO/c1-10-4-6-11(7-5-10)12(15)14-9-3-2-8-13/h10-11H,2-9H2,1H3,(H,14,15). The zero-order valence-corrected chi connectivity index (χ0v) is 11.8. The maximum absolute atomic E-state index is 11.8. The Kier molecular flexibility index (Phi) is 6.61. The van der Waals surface area contributed by atoms with Crippen molar-refractivity contribution in [3.63, 3.8) is 0 Å². The minimum Gasteiger partial charge on any atom is -0.356 e. The fourth-order valence-corrected chi connectivity index (χ4v) is 2.64. The number of amides is 1. The molecule has 0 saturated heterocycles. The number of carbonyl (C=O) groups excluding carboxylic acids is 1. The molecule has 0 aromatic rings. The fourth-order valence-electron chi connectivity index (χ4n) is 2.10. The molecule has 1 fully saturated rings. The van der Waals surface area contributed by atoms with Crippen LogP contribution in [-0.4, -0.2) is 16.9 Å². The zero-order valence-electron chi connectivity index (χ0n) is 9.60. The van der Waals surface area contributed by atoms with Crippen LogP contribution in [0, 0.1) is 11.8 Å². The van der Waals surface area contributed by atoms with Gasteiger partial charge in [0, 0.05) is 12.5 Å². The Labute approximate surface area is 107 Å². The van der Waals surface area contributed by atoms with Crippen molar-refractivity contribution in [2.24, 2.45) is 11.8 Å². The Balaban J connectivity index is 2.11. The highest BCUT2D eigenvalue weighted by molar-refractivity contribution is 14.1. The average Bonchev–Trinajstić information content (AvgIpc) is 2.25. The number of unbranched alkanes of at least 4 members (excludes halogenated alkanes) is 1.